The number of amides is 2. The van der Waals surface area contributed by atoms with Crippen LogP contribution >= 0.6 is 0 Å². The van der Waals surface area contributed by atoms with E-state index in [1.165, 1.54) is 12.1 Å². The lowest BCUT2D eigenvalue weighted by molar-refractivity contribution is -0.142. The predicted octanol–water partition coefficient (Wildman–Crippen LogP) is 1.86. The van der Waals surface area contributed by atoms with Crippen molar-refractivity contribution in [3.05, 3.63) is 24.3 Å². The summed E-state index contributed by atoms with van der Waals surface area (Å²) in [5, 5.41) is 0. The second-order valence-corrected chi connectivity index (χ2v) is 10.6. The smallest absolute Gasteiger partial charge is 0.241 e. The molecular weight excluding hydrogens is 392 g/mol. The Bertz CT molecular complexity index is 849. The number of hydrogen-bond acceptors (Lipinski definition) is 5. The van der Waals surface area contributed by atoms with E-state index in [9.17, 15) is 18.0 Å². The zero-order valence-electron chi connectivity index (χ0n) is 17.2. The van der Waals surface area contributed by atoms with Gasteiger partial charge in [-0.15, -0.1) is 0 Å². The van der Waals surface area contributed by atoms with Gasteiger partial charge in [0.25, 0.3) is 0 Å². The molecule has 29 heavy (non-hydrogen) atoms. The van der Waals surface area contributed by atoms with Crippen molar-refractivity contribution < 1.29 is 18.0 Å². The summed E-state index contributed by atoms with van der Waals surface area (Å²) in [4.78, 5) is 26.8. The fourth-order valence-corrected chi connectivity index (χ4v) is 4.57. The van der Waals surface area contributed by atoms with Crippen LogP contribution in [-0.2, 0) is 19.6 Å². The average molecular weight is 423 g/mol. The third kappa shape index (κ3) is 5.70. The molecule has 0 unspecified atom stereocenters. The normalized spacial score (nSPS) is 18.4. The largest absolute Gasteiger partial charge is 0.342 e. The fraction of sp³-hybridized carbons (Fsp3) is 0.600. The van der Waals surface area contributed by atoms with E-state index in [4.69, 9.17) is 0 Å². The Morgan fingerprint density at radius 2 is 1.59 bits per heavy atom. The van der Waals surface area contributed by atoms with E-state index < -0.39 is 15.4 Å². The second kappa shape index (κ2) is 8.31. The summed E-state index contributed by atoms with van der Waals surface area (Å²) >= 11 is 0. The standard InChI is InChI=1S/C20H30N4O4S/c1-20(2,3)19(26)24-12-10-14(11-13-24)18(25)22-21-15-6-8-17(9-7-15)29(27,28)23-16-4-5-16/h6-9,14,16,21,23H,4-5,10-13H2,1-3H3,(H,22,25). The summed E-state index contributed by atoms with van der Waals surface area (Å²) in [5.41, 5.74) is 5.71. The summed E-state index contributed by atoms with van der Waals surface area (Å²) in [5.74, 6) is -0.172. The van der Waals surface area contributed by atoms with Gasteiger partial charge in [-0.3, -0.25) is 20.4 Å². The van der Waals surface area contributed by atoms with Gasteiger partial charge in [0.15, 0.2) is 0 Å². The van der Waals surface area contributed by atoms with Gasteiger partial charge in [0, 0.05) is 30.5 Å². The first-order chi connectivity index (χ1) is 13.6. The van der Waals surface area contributed by atoms with Crippen molar-refractivity contribution in [2.45, 2.75) is 57.4 Å². The number of hydrazine groups is 1. The molecule has 0 atom stereocenters. The highest BCUT2D eigenvalue weighted by atomic mass is 32.2. The van der Waals surface area contributed by atoms with E-state index in [1.54, 1.807) is 12.1 Å². The maximum atomic E-state index is 12.4. The van der Waals surface area contributed by atoms with Crippen LogP contribution in [0.25, 0.3) is 0 Å². The first-order valence-electron chi connectivity index (χ1n) is 10.0. The first-order valence-corrected chi connectivity index (χ1v) is 11.5. The Labute approximate surface area is 172 Å². The minimum absolute atomic E-state index is 0.0576. The van der Waals surface area contributed by atoms with Crippen LogP contribution in [0.5, 0.6) is 0 Å². The van der Waals surface area contributed by atoms with Crippen LogP contribution in [-0.4, -0.2) is 44.3 Å². The van der Waals surface area contributed by atoms with Crippen molar-refractivity contribution in [1.29, 1.82) is 0 Å². The first kappa shape index (κ1) is 21.6. The summed E-state index contributed by atoms with van der Waals surface area (Å²) in [7, 11) is -3.48. The van der Waals surface area contributed by atoms with E-state index in [1.807, 2.05) is 25.7 Å². The van der Waals surface area contributed by atoms with Crippen molar-refractivity contribution in [2.75, 3.05) is 18.5 Å². The molecule has 1 saturated heterocycles. The number of piperidine rings is 1. The molecule has 1 aliphatic heterocycles. The van der Waals surface area contributed by atoms with Crippen LogP contribution < -0.4 is 15.6 Å². The molecule has 2 aliphatic rings. The molecule has 1 aromatic carbocycles. The van der Waals surface area contributed by atoms with Crippen LogP contribution in [0.2, 0.25) is 0 Å². The molecule has 1 saturated carbocycles. The average Bonchev–Trinajstić information content (AvgIpc) is 3.48. The molecule has 3 rings (SSSR count). The highest BCUT2D eigenvalue weighted by molar-refractivity contribution is 7.89. The number of carbonyl (C=O) groups excluding carboxylic acids is 2. The van der Waals surface area contributed by atoms with E-state index in [-0.39, 0.29) is 28.7 Å². The zero-order chi connectivity index (χ0) is 21.2. The Balaban J connectivity index is 1.47. The minimum atomic E-state index is -3.48. The van der Waals surface area contributed by atoms with E-state index in [0.717, 1.165) is 12.8 Å². The van der Waals surface area contributed by atoms with Gasteiger partial charge in [0.05, 0.1) is 10.6 Å². The molecule has 0 aromatic heterocycles. The number of sulfonamides is 1. The minimum Gasteiger partial charge on any atom is -0.342 e. The number of nitrogens with one attached hydrogen (secondary N) is 3. The molecule has 2 amide bonds. The molecule has 0 bridgehead atoms. The Morgan fingerprint density at radius 1 is 1.00 bits per heavy atom. The van der Waals surface area contributed by atoms with Gasteiger partial charge in [-0.1, -0.05) is 20.8 Å². The number of hydrogen-bond donors (Lipinski definition) is 3. The van der Waals surface area contributed by atoms with E-state index >= 15 is 0 Å². The lowest BCUT2D eigenvalue weighted by Gasteiger charge is -2.35. The van der Waals surface area contributed by atoms with Crippen LogP contribution in [0.3, 0.4) is 0 Å². The molecular formula is C20H30N4O4S. The summed E-state index contributed by atoms with van der Waals surface area (Å²) < 4.78 is 27.0. The Morgan fingerprint density at radius 3 is 2.10 bits per heavy atom. The molecule has 160 valence electrons. The topological polar surface area (TPSA) is 108 Å². The number of nitrogens with zero attached hydrogens (tertiary/aromatic N) is 1. The monoisotopic (exact) mass is 422 g/mol. The SMILES string of the molecule is CC(C)(C)C(=O)N1CCC(C(=O)NNc2ccc(S(=O)(=O)NC3CC3)cc2)CC1. The molecule has 9 heteroatoms. The van der Waals surface area contributed by atoms with Gasteiger partial charge in [-0.2, -0.15) is 0 Å². The quantitative estimate of drug-likeness (QED) is 0.607. The van der Waals surface area contributed by atoms with Crippen molar-refractivity contribution in [2.24, 2.45) is 11.3 Å². The molecule has 0 spiro atoms. The Hall–Kier alpha value is -2.13. The van der Waals surface area contributed by atoms with Gasteiger partial charge in [-0.25, -0.2) is 13.1 Å². The molecule has 0 radical (unpaired) electrons. The summed E-state index contributed by atoms with van der Waals surface area (Å²) in [6.07, 6.45) is 3.01. The van der Waals surface area contributed by atoms with E-state index in [2.05, 4.69) is 15.6 Å². The summed E-state index contributed by atoms with van der Waals surface area (Å²) in [6.45, 7) is 6.85. The van der Waals surface area contributed by atoms with Crippen LogP contribution in [0.4, 0.5) is 5.69 Å². The third-order valence-corrected chi connectivity index (χ3v) is 6.72. The lowest BCUT2D eigenvalue weighted by Crippen LogP contribution is -2.47. The van der Waals surface area contributed by atoms with E-state index in [0.29, 0.717) is 31.6 Å². The maximum absolute atomic E-state index is 12.4. The fourth-order valence-electron chi connectivity index (χ4n) is 3.26. The Kier molecular flexibility index (Phi) is 6.19. The highest BCUT2D eigenvalue weighted by Gasteiger charge is 2.32. The van der Waals surface area contributed by atoms with Gasteiger partial charge >= 0.3 is 0 Å². The molecule has 1 aliphatic carbocycles. The molecule has 8 nitrogen and oxygen atoms in total. The number of carbonyl (C=O) groups is 2. The van der Waals surface area contributed by atoms with Crippen LogP contribution in [0, 0.1) is 11.3 Å². The molecule has 1 aromatic rings. The highest BCUT2D eigenvalue weighted by Crippen LogP contribution is 2.24. The summed E-state index contributed by atoms with van der Waals surface area (Å²) in [6, 6.07) is 6.31. The molecule has 2 fully saturated rings. The lowest BCUT2D eigenvalue weighted by atomic mass is 9.91. The van der Waals surface area contributed by atoms with Crippen molar-refractivity contribution in [3.63, 3.8) is 0 Å². The number of rotatable bonds is 6. The number of anilines is 1. The van der Waals surface area contributed by atoms with Gasteiger partial charge in [0.2, 0.25) is 21.8 Å². The van der Waals surface area contributed by atoms with Crippen molar-refractivity contribution in [1.82, 2.24) is 15.0 Å². The van der Waals surface area contributed by atoms with Gasteiger partial charge in [0.1, 0.15) is 0 Å². The second-order valence-electron chi connectivity index (χ2n) is 8.85. The molecule has 3 N–H and O–H groups in total. The van der Waals surface area contributed by atoms with Gasteiger partial charge < -0.3 is 4.90 Å². The predicted molar refractivity (Wildman–Crippen MR) is 110 cm³/mol. The van der Waals surface area contributed by atoms with Gasteiger partial charge in [-0.05, 0) is 49.9 Å². The number of likely N-dealkylation sites (tertiary alicyclic amines) is 1. The third-order valence-electron chi connectivity index (χ3n) is 5.19. The maximum Gasteiger partial charge on any atom is 0.241 e. The molecule has 1 heterocycles. The van der Waals surface area contributed by atoms with Crippen molar-refractivity contribution >= 4 is 27.5 Å². The number of benzene rings is 1. The van der Waals surface area contributed by atoms with Crippen molar-refractivity contribution in [3.8, 4) is 0 Å². The zero-order valence-corrected chi connectivity index (χ0v) is 18.0. The van der Waals surface area contributed by atoms with Crippen LogP contribution in [0.15, 0.2) is 29.2 Å². The van der Waals surface area contributed by atoms with Crippen LogP contribution in [0.1, 0.15) is 46.5 Å².